The molecule has 5 nitrogen and oxygen atoms in total. The van der Waals surface area contributed by atoms with Crippen molar-refractivity contribution in [3.63, 3.8) is 0 Å². The number of rotatable bonds is 4. The number of H-pyrrole nitrogens is 1. The van der Waals surface area contributed by atoms with Gasteiger partial charge in [-0.3, -0.25) is 0 Å². The molecule has 2 aromatic rings. The first kappa shape index (κ1) is 13.4. The van der Waals surface area contributed by atoms with Gasteiger partial charge in [0.1, 0.15) is 5.75 Å². The highest BCUT2D eigenvalue weighted by Crippen LogP contribution is 2.31. The molecule has 0 aliphatic rings. The number of nitrogens with one attached hydrogen (secondary N) is 1. The molecule has 2 rings (SSSR count). The number of carboxylic acids is 1. The van der Waals surface area contributed by atoms with Crippen LogP contribution < -0.4 is 10.5 Å². The fraction of sp³-hybridized carbons (Fsp3) is 0.357. The van der Waals surface area contributed by atoms with Gasteiger partial charge >= 0.3 is 5.97 Å². The number of benzene rings is 1. The molecule has 0 amide bonds. The first-order valence-corrected chi connectivity index (χ1v) is 6.13. The Bertz CT molecular complexity index is 629. The third kappa shape index (κ3) is 2.06. The molecule has 0 bridgehead atoms. The van der Waals surface area contributed by atoms with Crippen molar-refractivity contribution in [2.24, 2.45) is 5.73 Å². The lowest BCUT2D eigenvalue weighted by Gasteiger charge is -2.19. The van der Waals surface area contributed by atoms with Crippen LogP contribution in [0.1, 0.15) is 25.1 Å². The van der Waals surface area contributed by atoms with Gasteiger partial charge in [0.2, 0.25) is 0 Å². The zero-order valence-corrected chi connectivity index (χ0v) is 11.3. The summed E-state index contributed by atoms with van der Waals surface area (Å²) in [5.74, 6) is -0.317. The van der Waals surface area contributed by atoms with Crippen LogP contribution >= 0.6 is 0 Å². The van der Waals surface area contributed by atoms with Crippen molar-refractivity contribution in [2.75, 3.05) is 7.11 Å². The van der Waals surface area contributed by atoms with Crippen LogP contribution in [0.4, 0.5) is 0 Å². The molecular weight excluding hydrogens is 244 g/mol. The minimum Gasteiger partial charge on any atom is -0.497 e. The number of aromatic amines is 1. The molecule has 0 saturated heterocycles. The quantitative estimate of drug-likeness (QED) is 0.786. The molecule has 102 valence electrons. The highest BCUT2D eigenvalue weighted by molar-refractivity contribution is 5.90. The number of carbonyl (C=O) groups is 1. The second-order valence-corrected chi connectivity index (χ2v) is 4.75. The number of aromatic nitrogens is 1. The second-order valence-electron chi connectivity index (χ2n) is 4.75. The number of aryl methyl sites for hydroxylation is 1. The van der Waals surface area contributed by atoms with Gasteiger partial charge in [-0.1, -0.05) is 6.92 Å². The fourth-order valence-electron chi connectivity index (χ4n) is 2.27. The van der Waals surface area contributed by atoms with Gasteiger partial charge in [-0.15, -0.1) is 0 Å². The number of aliphatic carboxylic acids is 1. The van der Waals surface area contributed by atoms with Crippen LogP contribution in [0.5, 0.6) is 5.75 Å². The Morgan fingerprint density at radius 3 is 2.74 bits per heavy atom. The van der Waals surface area contributed by atoms with E-state index in [1.807, 2.05) is 25.1 Å². The molecule has 0 spiro atoms. The van der Waals surface area contributed by atoms with Crippen LogP contribution in [-0.4, -0.2) is 23.2 Å². The number of carboxylic acid groups (broad SMARTS) is 1. The van der Waals surface area contributed by atoms with Gasteiger partial charge < -0.3 is 20.6 Å². The van der Waals surface area contributed by atoms with Gasteiger partial charge in [0.15, 0.2) is 5.54 Å². The molecule has 19 heavy (non-hydrogen) atoms. The normalized spacial score (nSPS) is 14.3. The molecule has 0 fully saturated rings. The van der Waals surface area contributed by atoms with Crippen molar-refractivity contribution < 1.29 is 14.6 Å². The first-order chi connectivity index (χ1) is 8.91. The Hall–Kier alpha value is -2.01. The van der Waals surface area contributed by atoms with Crippen molar-refractivity contribution >= 4 is 16.9 Å². The molecule has 1 heterocycles. The van der Waals surface area contributed by atoms with Crippen molar-refractivity contribution in [1.82, 2.24) is 4.98 Å². The molecule has 0 saturated carbocycles. The van der Waals surface area contributed by atoms with E-state index in [1.165, 1.54) is 6.92 Å². The zero-order chi connectivity index (χ0) is 14.2. The Morgan fingerprint density at radius 1 is 1.53 bits per heavy atom. The Kier molecular flexibility index (Phi) is 3.24. The average Bonchev–Trinajstić information content (AvgIpc) is 2.76. The molecule has 1 aromatic carbocycles. The van der Waals surface area contributed by atoms with Gasteiger partial charge in [-0.05, 0) is 37.1 Å². The SMILES string of the molecule is CCc1c(C(C)(N)C(=O)O)[nH]c2ccc(OC)cc12. The van der Waals surface area contributed by atoms with E-state index in [1.54, 1.807) is 7.11 Å². The Morgan fingerprint density at radius 2 is 2.21 bits per heavy atom. The Labute approximate surface area is 111 Å². The summed E-state index contributed by atoms with van der Waals surface area (Å²) in [7, 11) is 1.60. The Balaban J connectivity index is 2.72. The summed E-state index contributed by atoms with van der Waals surface area (Å²) in [5.41, 5.74) is 6.83. The van der Waals surface area contributed by atoms with Crippen molar-refractivity contribution in [2.45, 2.75) is 25.8 Å². The van der Waals surface area contributed by atoms with E-state index >= 15 is 0 Å². The highest BCUT2D eigenvalue weighted by atomic mass is 16.5. The third-order valence-corrected chi connectivity index (χ3v) is 3.43. The predicted molar refractivity (Wildman–Crippen MR) is 73.4 cm³/mol. The van der Waals surface area contributed by atoms with Crippen molar-refractivity contribution in [3.8, 4) is 5.75 Å². The summed E-state index contributed by atoms with van der Waals surface area (Å²) in [6, 6.07) is 5.59. The maximum absolute atomic E-state index is 11.3. The number of methoxy groups -OCH3 is 1. The van der Waals surface area contributed by atoms with Crippen LogP contribution in [-0.2, 0) is 16.8 Å². The molecule has 1 atom stereocenters. The monoisotopic (exact) mass is 262 g/mol. The standard InChI is InChI=1S/C14H18N2O3/c1-4-9-10-7-8(19-3)5-6-11(10)16-12(9)14(2,15)13(17)18/h5-7,16H,4,15H2,1-3H3,(H,17,18). The van der Waals surface area contributed by atoms with Crippen molar-refractivity contribution in [3.05, 3.63) is 29.5 Å². The van der Waals surface area contributed by atoms with Crippen LogP contribution in [0.2, 0.25) is 0 Å². The van der Waals surface area contributed by atoms with Crippen LogP contribution in [0, 0.1) is 0 Å². The van der Waals surface area contributed by atoms with E-state index in [-0.39, 0.29) is 0 Å². The zero-order valence-electron chi connectivity index (χ0n) is 11.3. The van der Waals surface area contributed by atoms with Crippen LogP contribution in [0.3, 0.4) is 0 Å². The number of hydrogen-bond donors (Lipinski definition) is 3. The minimum atomic E-state index is -1.43. The average molecular weight is 262 g/mol. The highest BCUT2D eigenvalue weighted by Gasteiger charge is 2.34. The lowest BCUT2D eigenvalue weighted by Crippen LogP contribution is -2.42. The van der Waals surface area contributed by atoms with E-state index in [2.05, 4.69) is 4.98 Å². The second kappa shape index (κ2) is 4.59. The lowest BCUT2D eigenvalue weighted by molar-refractivity contribution is -0.143. The molecular formula is C14H18N2O3. The van der Waals surface area contributed by atoms with Gasteiger partial charge in [0, 0.05) is 10.9 Å². The maximum Gasteiger partial charge on any atom is 0.329 e. The number of fused-ring (bicyclic) bond motifs is 1. The van der Waals surface area contributed by atoms with Gasteiger partial charge in [0.05, 0.1) is 12.8 Å². The lowest BCUT2D eigenvalue weighted by atomic mass is 9.94. The molecule has 0 radical (unpaired) electrons. The predicted octanol–water partition coefficient (Wildman–Crippen LogP) is 2.00. The van der Waals surface area contributed by atoms with Gasteiger partial charge in [0.25, 0.3) is 0 Å². The third-order valence-electron chi connectivity index (χ3n) is 3.43. The summed E-state index contributed by atoms with van der Waals surface area (Å²) in [4.78, 5) is 14.4. The molecule has 5 heteroatoms. The summed E-state index contributed by atoms with van der Waals surface area (Å²) in [6.45, 7) is 3.47. The van der Waals surface area contributed by atoms with Gasteiger partial charge in [-0.25, -0.2) is 4.79 Å². The molecule has 1 aromatic heterocycles. The molecule has 0 aliphatic carbocycles. The number of ether oxygens (including phenoxy) is 1. The molecule has 0 aliphatic heterocycles. The largest absolute Gasteiger partial charge is 0.497 e. The fourth-order valence-corrected chi connectivity index (χ4v) is 2.27. The number of hydrogen-bond acceptors (Lipinski definition) is 3. The summed E-state index contributed by atoms with van der Waals surface area (Å²) >= 11 is 0. The van der Waals surface area contributed by atoms with E-state index in [9.17, 15) is 9.90 Å². The topological polar surface area (TPSA) is 88.3 Å². The van der Waals surface area contributed by atoms with E-state index < -0.39 is 11.5 Å². The molecule has 1 unspecified atom stereocenters. The molecule has 4 N–H and O–H groups in total. The summed E-state index contributed by atoms with van der Waals surface area (Å²) < 4.78 is 5.20. The summed E-state index contributed by atoms with van der Waals surface area (Å²) in [6.07, 6.45) is 0.697. The van der Waals surface area contributed by atoms with Crippen LogP contribution in [0.25, 0.3) is 10.9 Å². The van der Waals surface area contributed by atoms with E-state index in [0.717, 1.165) is 22.2 Å². The maximum atomic E-state index is 11.3. The summed E-state index contributed by atoms with van der Waals surface area (Å²) in [5, 5.41) is 10.2. The van der Waals surface area contributed by atoms with E-state index in [0.29, 0.717) is 12.1 Å². The van der Waals surface area contributed by atoms with E-state index in [4.69, 9.17) is 10.5 Å². The van der Waals surface area contributed by atoms with Crippen LogP contribution in [0.15, 0.2) is 18.2 Å². The van der Waals surface area contributed by atoms with Crippen molar-refractivity contribution in [1.29, 1.82) is 0 Å². The number of nitrogens with two attached hydrogens (primary N) is 1. The minimum absolute atomic E-state index is 0.547. The van der Waals surface area contributed by atoms with Gasteiger partial charge in [-0.2, -0.15) is 0 Å². The first-order valence-electron chi connectivity index (χ1n) is 6.13. The smallest absolute Gasteiger partial charge is 0.329 e.